The van der Waals surface area contributed by atoms with E-state index in [2.05, 4.69) is 26.1 Å². The van der Waals surface area contributed by atoms with Crippen LogP contribution in [0.15, 0.2) is 49.6 Å². The van der Waals surface area contributed by atoms with Crippen LogP contribution >= 0.6 is 0 Å². The number of hydrogen-bond acceptors (Lipinski definition) is 1. The first-order valence-corrected chi connectivity index (χ1v) is 6.20. The fraction of sp³-hybridized carbons (Fsp3) is 0.375. The largest absolute Gasteiger partial charge is 0.385 e. The molecule has 92 valence electrons. The van der Waals surface area contributed by atoms with Gasteiger partial charge in [-0.25, -0.2) is 0 Å². The molecule has 1 atom stereocenters. The Bertz CT molecular complexity index is 381. The number of benzene rings is 1. The second kappa shape index (κ2) is 6.41. The van der Waals surface area contributed by atoms with Gasteiger partial charge < -0.3 is 5.11 Å². The van der Waals surface area contributed by atoms with E-state index in [1.165, 1.54) is 5.56 Å². The molecular formula is C16H22O. The van der Waals surface area contributed by atoms with Gasteiger partial charge in [-0.2, -0.15) is 0 Å². The molecule has 0 aliphatic heterocycles. The predicted octanol–water partition coefficient (Wildman–Crippen LogP) is 3.98. The monoisotopic (exact) mass is 230 g/mol. The van der Waals surface area contributed by atoms with E-state index in [0.717, 1.165) is 18.4 Å². The van der Waals surface area contributed by atoms with Crippen molar-refractivity contribution in [2.24, 2.45) is 0 Å². The number of hydrogen-bond donors (Lipinski definition) is 1. The molecule has 17 heavy (non-hydrogen) atoms. The Kier molecular flexibility index (Phi) is 5.17. The van der Waals surface area contributed by atoms with Crippen molar-refractivity contribution in [3.05, 3.63) is 60.7 Å². The van der Waals surface area contributed by atoms with Crippen molar-refractivity contribution < 1.29 is 5.11 Å². The van der Waals surface area contributed by atoms with Gasteiger partial charge in [0, 0.05) is 0 Å². The molecule has 0 bridgehead atoms. The average molecular weight is 230 g/mol. The van der Waals surface area contributed by atoms with E-state index in [4.69, 9.17) is 0 Å². The molecule has 0 heterocycles. The lowest BCUT2D eigenvalue weighted by molar-refractivity contribution is 0.0307. The van der Waals surface area contributed by atoms with Gasteiger partial charge in [-0.3, -0.25) is 0 Å². The van der Waals surface area contributed by atoms with Gasteiger partial charge in [-0.15, -0.1) is 13.2 Å². The Morgan fingerprint density at radius 2 is 1.94 bits per heavy atom. The van der Waals surface area contributed by atoms with Gasteiger partial charge in [0.25, 0.3) is 0 Å². The number of allylic oxidation sites excluding steroid dienone is 1. The maximum atomic E-state index is 10.8. The topological polar surface area (TPSA) is 20.2 Å². The molecule has 1 aromatic carbocycles. The summed E-state index contributed by atoms with van der Waals surface area (Å²) in [6.45, 7) is 9.58. The second-order valence-corrected chi connectivity index (χ2v) is 4.36. The van der Waals surface area contributed by atoms with Crippen LogP contribution in [0, 0.1) is 0 Å². The van der Waals surface area contributed by atoms with Crippen LogP contribution in [0.4, 0.5) is 0 Å². The molecule has 0 amide bonds. The third-order valence-electron chi connectivity index (χ3n) is 3.14. The van der Waals surface area contributed by atoms with Crippen molar-refractivity contribution in [2.75, 3.05) is 0 Å². The number of rotatable bonds is 7. The molecule has 0 saturated carbocycles. The Morgan fingerprint density at radius 3 is 2.53 bits per heavy atom. The summed E-state index contributed by atoms with van der Waals surface area (Å²) < 4.78 is 0. The van der Waals surface area contributed by atoms with Crippen molar-refractivity contribution in [3.63, 3.8) is 0 Å². The molecule has 0 saturated heterocycles. The molecule has 1 heteroatoms. The number of aliphatic hydroxyl groups is 1. The highest BCUT2D eigenvalue weighted by molar-refractivity contribution is 5.33. The van der Waals surface area contributed by atoms with Gasteiger partial charge in [0.1, 0.15) is 0 Å². The molecule has 0 aliphatic carbocycles. The van der Waals surface area contributed by atoms with E-state index in [0.29, 0.717) is 12.8 Å². The van der Waals surface area contributed by atoms with Crippen molar-refractivity contribution in [3.8, 4) is 0 Å². The van der Waals surface area contributed by atoms with Crippen LogP contribution in [0.5, 0.6) is 0 Å². The second-order valence-electron chi connectivity index (χ2n) is 4.36. The maximum Gasteiger partial charge on any atom is 0.0936 e. The maximum absolute atomic E-state index is 10.8. The lowest BCUT2D eigenvalue weighted by atomic mass is 9.83. The summed E-state index contributed by atoms with van der Waals surface area (Å²) in [5.74, 6) is 0. The van der Waals surface area contributed by atoms with Crippen LogP contribution in [0.25, 0.3) is 0 Å². The van der Waals surface area contributed by atoms with Gasteiger partial charge in [-0.1, -0.05) is 43.3 Å². The van der Waals surface area contributed by atoms with Crippen molar-refractivity contribution in [1.29, 1.82) is 0 Å². The zero-order valence-electron chi connectivity index (χ0n) is 10.7. The highest BCUT2D eigenvalue weighted by Gasteiger charge is 2.28. The van der Waals surface area contributed by atoms with Gasteiger partial charge in [0.05, 0.1) is 5.60 Å². The Morgan fingerprint density at radius 1 is 1.24 bits per heavy atom. The molecule has 0 aromatic heterocycles. The smallest absolute Gasteiger partial charge is 0.0936 e. The minimum Gasteiger partial charge on any atom is -0.385 e. The SMILES string of the molecule is C=CCCC(O)(CC=C)c1ccccc1CC. The van der Waals surface area contributed by atoms with Gasteiger partial charge in [-0.05, 0) is 36.8 Å². The normalized spacial score (nSPS) is 14.0. The molecule has 0 spiro atoms. The minimum atomic E-state index is -0.803. The van der Waals surface area contributed by atoms with Gasteiger partial charge >= 0.3 is 0 Å². The third-order valence-corrected chi connectivity index (χ3v) is 3.14. The lowest BCUT2D eigenvalue weighted by Crippen LogP contribution is -2.26. The van der Waals surface area contributed by atoms with E-state index in [9.17, 15) is 5.11 Å². The summed E-state index contributed by atoms with van der Waals surface area (Å²) in [5, 5.41) is 10.8. The molecule has 0 radical (unpaired) electrons. The quantitative estimate of drug-likeness (QED) is 0.702. The zero-order chi connectivity index (χ0) is 12.7. The molecular weight excluding hydrogens is 208 g/mol. The van der Waals surface area contributed by atoms with Crippen molar-refractivity contribution in [1.82, 2.24) is 0 Å². The zero-order valence-corrected chi connectivity index (χ0v) is 10.7. The lowest BCUT2D eigenvalue weighted by Gasteiger charge is -2.29. The van der Waals surface area contributed by atoms with Gasteiger partial charge in [0.15, 0.2) is 0 Å². The Labute approximate surface area is 104 Å². The van der Waals surface area contributed by atoms with E-state index in [1.54, 1.807) is 6.08 Å². The molecule has 1 unspecified atom stereocenters. The fourth-order valence-corrected chi connectivity index (χ4v) is 2.21. The minimum absolute atomic E-state index is 0.581. The van der Waals surface area contributed by atoms with E-state index in [1.807, 2.05) is 24.3 Å². The summed E-state index contributed by atoms with van der Waals surface area (Å²) in [5.41, 5.74) is 1.44. The first-order chi connectivity index (χ1) is 8.18. The molecule has 1 nitrogen and oxygen atoms in total. The summed E-state index contributed by atoms with van der Waals surface area (Å²) in [6.07, 6.45) is 6.65. The van der Waals surface area contributed by atoms with Crippen LogP contribution in [0.1, 0.15) is 37.3 Å². The third kappa shape index (κ3) is 3.31. The van der Waals surface area contributed by atoms with Crippen LogP contribution < -0.4 is 0 Å². The summed E-state index contributed by atoms with van der Waals surface area (Å²) in [7, 11) is 0. The highest BCUT2D eigenvalue weighted by Crippen LogP contribution is 2.33. The van der Waals surface area contributed by atoms with Crippen LogP contribution in [-0.2, 0) is 12.0 Å². The van der Waals surface area contributed by atoms with Crippen LogP contribution in [-0.4, -0.2) is 5.11 Å². The summed E-state index contributed by atoms with van der Waals surface area (Å²) in [4.78, 5) is 0. The molecule has 1 rings (SSSR count). The van der Waals surface area contributed by atoms with Gasteiger partial charge in [0.2, 0.25) is 0 Å². The fourth-order valence-electron chi connectivity index (χ4n) is 2.21. The Balaban J connectivity index is 3.10. The number of aryl methyl sites for hydroxylation is 1. The van der Waals surface area contributed by atoms with Crippen LogP contribution in [0.3, 0.4) is 0 Å². The standard InChI is InChI=1S/C16H22O/c1-4-7-13-16(17,12-5-2)15-11-9-8-10-14(15)6-3/h4-5,8-11,17H,1-2,6-7,12-13H2,3H3. The van der Waals surface area contributed by atoms with E-state index >= 15 is 0 Å². The first-order valence-electron chi connectivity index (χ1n) is 6.20. The van der Waals surface area contributed by atoms with E-state index < -0.39 is 5.60 Å². The highest BCUT2D eigenvalue weighted by atomic mass is 16.3. The van der Waals surface area contributed by atoms with E-state index in [-0.39, 0.29) is 0 Å². The van der Waals surface area contributed by atoms with Crippen LogP contribution in [0.2, 0.25) is 0 Å². The molecule has 1 aromatic rings. The molecule has 0 fully saturated rings. The summed E-state index contributed by atoms with van der Waals surface area (Å²) >= 11 is 0. The van der Waals surface area contributed by atoms with Crippen molar-refractivity contribution >= 4 is 0 Å². The predicted molar refractivity (Wildman–Crippen MR) is 74.0 cm³/mol. The molecule has 1 N–H and O–H groups in total. The average Bonchev–Trinajstić information content (AvgIpc) is 2.36. The Hall–Kier alpha value is -1.34. The first kappa shape index (κ1) is 13.7. The summed E-state index contributed by atoms with van der Waals surface area (Å²) in [6, 6.07) is 8.10. The van der Waals surface area contributed by atoms with Crippen molar-refractivity contribution in [2.45, 2.75) is 38.2 Å². The molecule has 0 aliphatic rings.